The van der Waals surface area contributed by atoms with E-state index in [0.29, 0.717) is 32.1 Å². The molecule has 1 aliphatic rings. The smallest absolute Gasteiger partial charge is 0.246 e. The normalized spacial score (nSPS) is 16.6. The second-order valence-electron chi connectivity index (χ2n) is 7.17. The highest BCUT2D eigenvalue weighted by Gasteiger charge is 2.31. The molecule has 1 aromatic carbocycles. The summed E-state index contributed by atoms with van der Waals surface area (Å²) in [4.78, 5) is 6.51. The Morgan fingerprint density at radius 2 is 1.89 bits per heavy atom. The molecule has 28 heavy (non-hydrogen) atoms. The Kier molecular flexibility index (Phi) is 6.36. The van der Waals surface area contributed by atoms with Crippen LogP contribution in [0.15, 0.2) is 35.5 Å². The molecule has 1 aromatic heterocycles. The van der Waals surface area contributed by atoms with Crippen LogP contribution in [0.5, 0.6) is 5.75 Å². The number of hydrogen-bond acceptors (Lipinski definition) is 5. The zero-order valence-corrected chi connectivity index (χ0v) is 17.3. The van der Waals surface area contributed by atoms with E-state index >= 15 is 0 Å². The van der Waals surface area contributed by atoms with Gasteiger partial charge in [0.05, 0.1) is 7.11 Å². The second kappa shape index (κ2) is 8.59. The molecule has 0 N–H and O–H groups in total. The molecule has 0 bridgehead atoms. The van der Waals surface area contributed by atoms with E-state index in [1.54, 1.807) is 0 Å². The summed E-state index contributed by atoms with van der Waals surface area (Å²) >= 11 is 0. The molecule has 0 spiro atoms. The Morgan fingerprint density at radius 3 is 2.54 bits per heavy atom. The molecule has 0 amide bonds. The van der Waals surface area contributed by atoms with Crippen LogP contribution in [0.1, 0.15) is 25.6 Å². The van der Waals surface area contributed by atoms with Crippen molar-refractivity contribution in [2.75, 3.05) is 39.8 Å². The van der Waals surface area contributed by atoms with E-state index in [9.17, 15) is 12.8 Å². The number of rotatable bonds is 7. The fraction of sp³-hybridized carbons (Fsp3) is 0.526. The van der Waals surface area contributed by atoms with E-state index in [2.05, 4.69) is 28.3 Å². The SMILES string of the molecule is COc1ccc(F)cc1S(=O)(=O)N1CCN(CCn2ccnc2C(C)C)CC1. The van der Waals surface area contributed by atoms with Crippen molar-refractivity contribution in [3.8, 4) is 5.75 Å². The lowest BCUT2D eigenvalue weighted by Crippen LogP contribution is -2.49. The van der Waals surface area contributed by atoms with E-state index in [-0.39, 0.29) is 10.6 Å². The number of imidazole rings is 1. The van der Waals surface area contributed by atoms with Crippen LogP contribution in [-0.4, -0.2) is 67.0 Å². The minimum Gasteiger partial charge on any atom is -0.495 e. The summed E-state index contributed by atoms with van der Waals surface area (Å²) in [7, 11) is -2.42. The minimum absolute atomic E-state index is 0.122. The monoisotopic (exact) mass is 410 g/mol. The molecule has 9 heteroatoms. The number of sulfonamides is 1. The highest BCUT2D eigenvalue weighted by atomic mass is 32.2. The van der Waals surface area contributed by atoms with Gasteiger partial charge in [0.2, 0.25) is 10.0 Å². The summed E-state index contributed by atoms with van der Waals surface area (Å²) in [5.41, 5.74) is 0. The summed E-state index contributed by atoms with van der Waals surface area (Å²) < 4.78 is 48.2. The average Bonchev–Trinajstić information content (AvgIpc) is 3.15. The fourth-order valence-corrected chi connectivity index (χ4v) is 5.03. The Bertz CT molecular complexity index is 906. The highest BCUT2D eigenvalue weighted by Crippen LogP contribution is 2.28. The third kappa shape index (κ3) is 4.37. The van der Waals surface area contributed by atoms with Crippen molar-refractivity contribution in [2.45, 2.75) is 31.2 Å². The van der Waals surface area contributed by atoms with Gasteiger partial charge in [0, 0.05) is 57.6 Å². The van der Waals surface area contributed by atoms with Gasteiger partial charge in [-0.1, -0.05) is 13.8 Å². The van der Waals surface area contributed by atoms with Crippen molar-refractivity contribution >= 4 is 10.0 Å². The van der Waals surface area contributed by atoms with Crippen LogP contribution in [0.2, 0.25) is 0 Å². The lowest BCUT2D eigenvalue weighted by molar-refractivity contribution is 0.182. The molecule has 7 nitrogen and oxygen atoms in total. The molecule has 1 saturated heterocycles. The first-order valence-corrected chi connectivity index (χ1v) is 10.8. The van der Waals surface area contributed by atoms with E-state index < -0.39 is 15.8 Å². The maximum absolute atomic E-state index is 13.6. The standard InChI is InChI=1S/C19H27FN4O3S/c1-15(2)19-21-6-7-23(19)11-8-22-9-12-24(13-10-22)28(25,26)18-14-16(20)4-5-17(18)27-3/h4-7,14-15H,8-13H2,1-3H3. The number of hydrogen-bond donors (Lipinski definition) is 0. The van der Waals surface area contributed by atoms with Crippen molar-refractivity contribution in [1.29, 1.82) is 0 Å². The molecule has 2 aromatic rings. The van der Waals surface area contributed by atoms with Gasteiger partial charge >= 0.3 is 0 Å². The predicted octanol–water partition coefficient (Wildman–Crippen LogP) is 2.16. The maximum atomic E-state index is 13.6. The molecule has 0 unspecified atom stereocenters. The van der Waals surface area contributed by atoms with E-state index in [4.69, 9.17) is 4.74 Å². The quantitative estimate of drug-likeness (QED) is 0.700. The molecule has 0 radical (unpaired) electrons. The summed E-state index contributed by atoms with van der Waals surface area (Å²) in [5.74, 6) is 0.974. The van der Waals surface area contributed by atoms with Crippen molar-refractivity contribution in [3.63, 3.8) is 0 Å². The van der Waals surface area contributed by atoms with Gasteiger partial charge in [0.15, 0.2) is 0 Å². The van der Waals surface area contributed by atoms with Gasteiger partial charge in [-0.15, -0.1) is 0 Å². The van der Waals surface area contributed by atoms with Crippen LogP contribution in [0.4, 0.5) is 4.39 Å². The lowest BCUT2D eigenvalue weighted by Gasteiger charge is -2.34. The van der Waals surface area contributed by atoms with Gasteiger partial charge in [0.1, 0.15) is 22.3 Å². The molecule has 2 heterocycles. The minimum atomic E-state index is -3.80. The molecule has 154 valence electrons. The molecular weight excluding hydrogens is 383 g/mol. The van der Waals surface area contributed by atoms with Gasteiger partial charge < -0.3 is 9.30 Å². The summed E-state index contributed by atoms with van der Waals surface area (Å²) in [6.07, 6.45) is 3.79. The van der Waals surface area contributed by atoms with Crippen LogP contribution in [0.3, 0.4) is 0 Å². The van der Waals surface area contributed by atoms with Gasteiger partial charge in [-0.25, -0.2) is 17.8 Å². The molecule has 0 aliphatic carbocycles. The van der Waals surface area contributed by atoms with Crippen LogP contribution >= 0.6 is 0 Å². The van der Waals surface area contributed by atoms with Crippen LogP contribution < -0.4 is 4.74 Å². The number of methoxy groups -OCH3 is 1. The zero-order chi connectivity index (χ0) is 20.3. The van der Waals surface area contributed by atoms with Crippen molar-refractivity contribution in [3.05, 3.63) is 42.2 Å². The first kappa shape index (κ1) is 20.8. The second-order valence-corrected chi connectivity index (χ2v) is 9.08. The first-order chi connectivity index (χ1) is 13.3. The van der Waals surface area contributed by atoms with Crippen LogP contribution in [0.25, 0.3) is 0 Å². The van der Waals surface area contributed by atoms with Crippen LogP contribution in [-0.2, 0) is 16.6 Å². The van der Waals surface area contributed by atoms with E-state index in [1.807, 2.05) is 12.4 Å². The summed E-state index contributed by atoms with van der Waals surface area (Å²) in [6, 6.07) is 3.56. The Morgan fingerprint density at radius 1 is 1.18 bits per heavy atom. The number of aromatic nitrogens is 2. The average molecular weight is 411 g/mol. The van der Waals surface area contributed by atoms with Gasteiger partial charge in [-0.3, -0.25) is 4.90 Å². The number of benzene rings is 1. The molecular formula is C19H27FN4O3S. The van der Waals surface area contributed by atoms with E-state index in [0.717, 1.165) is 25.0 Å². The van der Waals surface area contributed by atoms with E-state index in [1.165, 1.54) is 23.5 Å². The predicted molar refractivity (Wildman–Crippen MR) is 104 cm³/mol. The number of nitrogens with zero attached hydrogens (tertiary/aromatic N) is 4. The van der Waals surface area contributed by atoms with Crippen molar-refractivity contribution in [1.82, 2.24) is 18.8 Å². The molecule has 0 saturated carbocycles. The Hall–Kier alpha value is -1.97. The molecule has 1 fully saturated rings. The number of halogens is 1. The third-order valence-corrected chi connectivity index (χ3v) is 6.92. The highest BCUT2D eigenvalue weighted by molar-refractivity contribution is 7.89. The number of ether oxygens (including phenoxy) is 1. The summed E-state index contributed by atoms with van der Waals surface area (Å²) in [5, 5.41) is 0. The Balaban J connectivity index is 1.62. The van der Waals surface area contributed by atoms with Crippen molar-refractivity contribution in [2.24, 2.45) is 0 Å². The zero-order valence-electron chi connectivity index (χ0n) is 16.5. The summed E-state index contributed by atoms with van der Waals surface area (Å²) in [6.45, 7) is 7.86. The molecule has 3 rings (SSSR count). The van der Waals surface area contributed by atoms with Gasteiger partial charge in [-0.05, 0) is 18.2 Å². The topological polar surface area (TPSA) is 67.7 Å². The van der Waals surface area contributed by atoms with Crippen molar-refractivity contribution < 1.29 is 17.5 Å². The fourth-order valence-electron chi connectivity index (χ4n) is 3.44. The Labute approximate surface area is 165 Å². The van der Waals surface area contributed by atoms with Gasteiger partial charge in [-0.2, -0.15) is 4.31 Å². The third-order valence-electron chi connectivity index (χ3n) is 5.00. The van der Waals surface area contributed by atoms with Gasteiger partial charge in [0.25, 0.3) is 0 Å². The number of piperazine rings is 1. The lowest BCUT2D eigenvalue weighted by atomic mass is 10.2. The van der Waals surface area contributed by atoms with Crippen LogP contribution in [0, 0.1) is 5.82 Å². The maximum Gasteiger partial charge on any atom is 0.246 e. The molecule has 1 aliphatic heterocycles. The first-order valence-electron chi connectivity index (χ1n) is 9.40. The molecule has 0 atom stereocenters. The largest absolute Gasteiger partial charge is 0.495 e.